The second kappa shape index (κ2) is 14.5. The minimum Gasteiger partial charge on any atom is -0.285 e. The minimum atomic E-state index is -4.30. The molecule has 0 aromatic heterocycles. The zero-order valence-corrected chi connectivity index (χ0v) is 20.9. The number of hydrogen-bond acceptors (Lipinski definition) is 2. The van der Waals surface area contributed by atoms with E-state index in [1.165, 1.54) is 44.9 Å². The zero-order valence-electron chi connectivity index (χ0n) is 20.1. The van der Waals surface area contributed by atoms with Crippen molar-refractivity contribution in [3.8, 4) is 0 Å². The largest absolute Gasteiger partial charge is 0.285 e. The second-order valence-electron chi connectivity index (χ2n) is 8.97. The molecular formula is C28H42O3S. The highest BCUT2D eigenvalue weighted by Gasteiger charge is 2.30. The lowest BCUT2D eigenvalue weighted by atomic mass is 9.91. The molecule has 0 saturated carbocycles. The number of aryl methyl sites for hydroxylation is 2. The topological polar surface area (TPSA) is 54.4 Å². The van der Waals surface area contributed by atoms with E-state index in [1.807, 2.05) is 48.5 Å². The van der Waals surface area contributed by atoms with Crippen molar-refractivity contribution in [1.29, 1.82) is 0 Å². The molecule has 3 nitrogen and oxygen atoms in total. The summed E-state index contributed by atoms with van der Waals surface area (Å²) in [7, 11) is -4.30. The van der Waals surface area contributed by atoms with Gasteiger partial charge < -0.3 is 0 Å². The SMILES string of the molecule is CCCCCCCCCc1ccccc1C(c1ccccc1CCCCCC)S(=O)(=O)O. The van der Waals surface area contributed by atoms with Crippen LogP contribution in [0.3, 0.4) is 0 Å². The summed E-state index contributed by atoms with van der Waals surface area (Å²) >= 11 is 0. The molecule has 0 heterocycles. The maximum absolute atomic E-state index is 12.6. The molecule has 1 N–H and O–H groups in total. The average Bonchev–Trinajstić information content (AvgIpc) is 2.77. The Hall–Kier alpha value is -1.65. The first-order valence-corrected chi connectivity index (χ1v) is 14.1. The highest BCUT2D eigenvalue weighted by molar-refractivity contribution is 7.86. The zero-order chi connectivity index (χ0) is 23.2. The summed E-state index contributed by atoms with van der Waals surface area (Å²) in [6.07, 6.45) is 14.7. The number of benzene rings is 2. The Labute approximate surface area is 196 Å². The fraction of sp³-hybridized carbons (Fsp3) is 0.571. The molecular weight excluding hydrogens is 416 g/mol. The van der Waals surface area contributed by atoms with Crippen molar-refractivity contribution in [3.63, 3.8) is 0 Å². The van der Waals surface area contributed by atoms with Crippen LogP contribution in [0.1, 0.15) is 112 Å². The van der Waals surface area contributed by atoms with Crippen molar-refractivity contribution < 1.29 is 13.0 Å². The molecule has 0 amide bonds. The van der Waals surface area contributed by atoms with Crippen LogP contribution < -0.4 is 0 Å². The molecule has 4 heteroatoms. The van der Waals surface area contributed by atoms with Crippen molar-refractivity contribution in [3.05, 3.63) is 70.8 Å². The van der Waals surface area contributed by atoms with Gasteiger partial charge in [-0.15, -0.1) is 0 Å². The third-order valence-corrected chi connectivity index (χ3v) is 7.43. The van der Waals surface area contributed by atoms with Gasteiger partial charge >= 0.3 is 0 Å². The van der Waals surface area contributed by atoms with Crippen LogP contribution in [-0.4, -0.2) is 13.0 Å². The van der Waals surface area contributed by atoms with Gasteiger partial charge in [-0.05, 0) is 47.9 Å². The lowest BCUT2D eigenvalue weighted by Gasteiger charge is -2.21. The summed E-state index contributed by atoms with van der Waals surface area (Å²) in [5.41, 5.74) is 3.50. The van der Waals surface area contributed by atoms with E-state index in [-0.39, 0.29) is 0 Å². The van der Waals surface area contributed by atoms with Gasteiger partial charge in [-0.3, -0.25) is 4.55 Å². The standard InChI is InChI=1S/C28H42O3S/c1-3-5-7-9-10-11-13-19-25-21-15-17-23-27(25)28(32(29,30)31)26-22-16-14-20-24(26)18-12-8-6-4-2/h14-17,20-23,28H,3-13,18-19H2,1-2H3,(H,29,30,31). The van der Waals surface area contributed by atoms with Crippen LogP contribution in [0.4, 0.5) is 0 Å². The van der Waals surface area contributed by atoms with Crippen molar-refractivity contribution in [2.45, 2.75) is 103 Å². The third kappa shape index (κ3) is 8.71. The van der Waals surface area contributed by atoms with Crippen molar-refractivity contribution in [2.24, 2.45) is 0 Å². The monoisotopic (exact) mass is 458 g/mol. The molecule has 32 heavy (non-hydrogen) atoms. The molecule has 2 aromatic rings. The Balaban J connectivity index is 2.21. The van der Waals surface area contributed by atoms with Gasteiger partial charge in [0.15, 0.2) is 0 Å². The van der Waals surface area contributed by atoms with Gasteiger partial charge in [-0.1, -0.05) is 120 Å². The second-order valence-corrected chi connectivity index (χ2v) is 10.5. The fourth-order valence-electron chi connectivity index (χ4n) is 4.54. The number of unbranched alkanes of at least 4 members (excludes halogenated alkanes) is 9. The Morgan fingerprint density at radius 3 is 1.44 bits per heavy atom. The van der Waals surface area contributed by atoms with Gasteiger partial charge in [0.05, 0.1) is 0 Å². The van der Waals surface area contributed by atoms with Gasteiger partial charge in [-0.2, -0.15) is 8.42 Å². The van der Waals surface area contributed by atoms with Gasteiger partial charge in [0.1, 0.15) is 5.25 Å². The molecule has 2 aromatic carbocycles. The molecule has 0 aliphatic carbocycles. The van der Waals surface area contributed by atoms with Crippen LogP contribution in [0.2, 0.25) is 0 Å². The molecule has 178 valence electrons. The van der Waals surface area contributed by atoms with E-state index in [1.54, 1.807) is 0 Å². The van der Waals surface area contributed by atoms with Crippen LogP contribution in [0.25, 0.3) is 0 Å². The predicted molar refractivity (Wildman–Crippen MR) is 136 cm³/mol. The lowest BCUT2D eigenvalue weighted by Crippen LogP contribution is -2.17. The van der Waals surface area contributed by atoms with Gasteiger partial charge in [0.2, 0.25) is 0 Å². The smallest absolute Gasteiger partial charge is 0.276 e. The number of rotatable bonds is 16. The van der Waals surface area contributed by atoms with E-state index in [2.05, 4.69) is 13.8 Å². The van der Waals surface area contributed by atoms with E-state index in [9.17, 15) is 13.0 Å². The van der Waals surface area contributed by atoms with Crippen LogP contribution in [0.15, 0.2) is 48.5 Å². The van der Waals surface area contributed by atoms with E-state index >= 15 is 0 Å². The first kappa shape index (κ1) is 26.6. The van der Waals surface area contributed by atoms with Crippen molar-refractivity contribution >= 4 is 10.1 Å². The first-order chi connectivity index (χ1) is 15.5. The van der Waals surface area contributed by atoms with Gasteiger partial charge in [0.25, 0.3) is 10.1 Å². The van der Waals surface area contributed by atoms with E-state index in [4.69, 9.17) is 0 Å². The van der Waals surface area contributed by atoms with E-state index in [0.29, 0.717) is 0 Å². The van der Waals surface area contributed by atoms with Gasteiger partial charge in [-0.25, -0.2) is 0 Å². The maximum Gasteiger partial charge on any atom is 0.276 e. The molecule has 0 saturated heterocycles. The molecule has 0 fully saturated rings. The molecule has 0 spiro atoms. The molecule has 0 bridgehead atoms. The summed E-state index contributed by atoms with van der Waals surface area (Å²) in [5, 5.41) is -1.02. The van der Waals surface area contributed by atoms with E-state index in [0.717, 1.165) is 60.8 Å². The average molecular weight is 459 g/mol. The summed E-state index contributed by atoms with van der Waals surface area (Å²) in [6, 6.07) is 15.5. The Bertz CT molecular complexity index is 889. The Kier molecular flexibility index (Phi) is 12.0. The van der Waals surface area contributed by atoms with Crippen LogP contribution in [0, 0.1) is 0 Å². The quantitative estimate of drug-likeness (QED) is 0.204. The Morgan fingerprint density at radius 1 is 0.625 bits per heavy atom. The third-order valence-electron chi connectivity index (χ3n) is 6.32. The van der Waals surface area contributed by atoms with Crippen molar-refractivity contribution in [2.75, 3.05) is 0 Å². The normalized spacial score (nSPS) is 12.7. The summed E-state index contributed by atoms with van der Waals surface area (Å²) in [5.74, 6) is 0. The number of hydrogen-bond donors (Lipinski definition) is 1. The van der Waals surface area contributed by atoms with Crippen LogP contribution in [-0.2, 0) is 23.0 Å². The summed E-state index contributed by atoms with van der Waals surface area (Å²) in [4.78, 5) is 0. The van der Waals surface area contributed by atoms with Crippen LogP contribution >= 0.6 is 0 Å². The maximum atomic E-state index is 12.6. The predicted octanol–water partition coefficient (Wildman–Crippen LogP) is 8.08. The molecule has 1 unspecified atom stereocenters. The van der Waals surface area contributed by atoms with Crippen LogP contribution in [0.5, 0.6) is 0 Å². The molecule has 0 radical (unpaired) electrons. The molecule has 0 aliphatic heterocycles. The molecule has 0 aliphatic rings. The lowest BCUT2D eigenvalue weighted by molar-refractivity contribution is 0.474. The summed E-state index contributed by atoms with van der Waals surface area (Å²) < 4.78 is 35.6. The van der Waals surface area contributed by atoms with E-state index < -0.39 is 15.4 Å². The highest BCUT2D eigenvalue weighted by Crippen LogP contribution is 2.35. The van der Waals surface area contributed by atoms with Gasteiger partial charge in [0, 0.05) is 0 Å². The molecule has 1 atom stereocenters. The Morgan fingerprint density at radius 2 is 1.00 bits per heavy atom. The first-order valence-electron chi connectivity index (χ1n) is 12.6. The fourth-order valence-corrected chi connectivity index (χ4v) is 5.64. The summed E-state index contributed by atoms with van der Waals surface area (Å²) in [6.45, 7) is 4.41. The molecule has 2 rings (SSSR count). The van der Waals surface area contributed by atoms with Crippen molar-refractivity contribution in [1.82, 2.24) is 0 Å². The minimum absolute atomic E-state index is 0.721. The highest BCUT2D eigenvalue weighted by atomic mass is 32.2.